The van der Waals surface area contributed by atoms with Crippen molar-refractivity contribution < 1.29 is 29.0 Å². The molecule has 3 fully saturated rings. The summed E-state index contributed by atoms with van der Waals surface area (Å²) < 4.78 is 11.6. The number of halogens is 1. The number of hydrogen-bond donors (Lipinski definition) is 2. The fraction of sp³-hybridized carbons (Fsp3) is 0.857. The zero-order valence-corrected chi connectivity index (χ0v) is 19.5. The van der Waals surface area contributed by atoms with E-state index in [1.54, 1.807) is 11.8 Å². The van der Waals surface area contributed by atoms with E-state index in [9.17, 15) is 14.4 Å². The van der Waals surface area contributed by atoms with Gasteiger partial charge in [0.2, 0.25) is 11.8 Å². The van der Waals surface area contributed by atoms with E-state index in [0.717, 1.165) is 25.7 Å². The normalized spacial score (nSPS) is 34.5. The number of esters is 1. The Hall–Kier alpha value is -1.19. The Morgan fingerprint density at radius 1 is 1.33 bits per heavy atom. The van der Waals surface area contributed by atoms with Crippen LogP contribution in [0.5, 0.6) is 0 Å². The number of hydrogen-bond acceptors (Lipinski definition) is 6. The van der Waals surface area contributed by atoms with Gasteiger partial charge in [-0.25, -0.2) is 0 Å². The van der Waals surface area contributed by atoms with Gasteiger partial charge in [-0.3, -0.25) is 14.4 Å². The topological polar surface area (TPSA) is 105 Å². The fourth-order valence-corrected chi connectivity index (χ4v) is 6.23. The Balaban J connectivity index is 1.89. The highest BCUT2D eigenvalue weighted by Crippen LogP contribution is 2.60. The van der Waals surface area contributed by atoms with Crippen molar-refractivity contribution in [2.45, 2.75) is 81.5 Å². The van der Waals surface area contributed by atoms with Gasteiger partial charge < -0.3 is 24.8 Å². The van der Waals surface area contributed by atoms with Crippen LogP contribution >= 0.6 is 15.9 Å². The number of likely N-dealkylation sites (tertiary alicyclic amines) is 1. The van der Waals surface area contributed by atoms with Crippen molar-refractivity contribution in [3.8, 4) is 0 Å². The molecule has 30 heavy (non-hydrogen) atoms. The third kappa shape index (κ3) is 4.00. The van der Waals surface area contributed by atoms with Crippen molar-refractivity contribution in [2.75, 3.05) is 19.8 Å². The molecule has 170 valence electrons. The van der Waals surface area contributed by atoms with Crippen LogP contribution in [0.4, 0.5) is 0 Å². The molecule has 8 nitrogen and oxygen atoms in total. The molecule has 3 aliphatic rings. The molecule has 0 aromatic carbocycles. The zero-order valence-electron chi connectivity index (χ0n) is 17.9. The minimum Gasteiger partial charge on any atom is -0.466 e. The molecule has 0 radical (unpaired) electrons. The smallest absolute Gasteiger partial charge is 0.312 e. The molecule has 0 aromatic rings. The van der Waals surface area contributed by atoms with Gasteiger partial charge in [0.1, 0.15) is 11.6 Å². The highest BCUT2D eigenvalue weighted by Gasteiger charge is 2.76. The first-order valence-electron chi connectivity index (χ1n) is 11.0. The average Bonchev–Trinajstić information content (AvgIpc) is 3.25. The van der Waals surface area contributed by atoms with Gasteiger partial charge in [0, 0.05) is 24.0 Å². The van der Waals surface area contributed by atoms with Crippen molar-refractivity contribution >= 4 is 33.7 Å². The van der Waals surface area contributed by atoms with Crippen molar-refractivity contribution in [2.24, 2.45) is 11.8 Å². The Morgan fingerprint density at radius 2 is 2.03 bits per heavy atom. The SMILES string of the molecule is CCOC(=O)[C@@H]1[C@H]2O[C@@]3(CC2Br)[C@H](C(=O)NC(C)C)N(CCCCCCO)C(=O)[C@@H]13. The zero-order chi connectivity index (χ0) is 22.1. The molecule has 3 aliphatic heterocycles. The predicted octanol–water partition coefficient (Wildman–Crippen LogP) is 1.37. The minimum absolute atomic E-state index is 0.0753. The molecule has 9 heteroatoms. The second kappa shape index (κ2) is 9.53. The Bertz CT molecular complexity index is 674. The van der Waals surface area contributed by atoms with Gasteiger partial charge in [-0.1, -0.05) is 28.8 Å². The van der Waals surface area contributed by atoms with Crippen LogP contribution < -0.4 is 5.32 Å². The lowest BCUT2D eigenvalue weighted by atomic mass is 9.70. The maximum Gasteiger partial charge on any atom is 0.312 e. The molecule has 0 aliphatic carbocycles. The number of ether oxygens (including phenoxy) is 2. The monoisotopic (exact) mass is 488 g/mol. The lowest BCUT2D eigenvalue weighted by Crippen LogP contribution is -2.56. The maximum absolute atomic E-state index is 13.5. The molecule has 0 saturated carbocycles. The van der Waals surface area contributed by atoms with Gasteiger partial charge in [0.15, 0.2) is 0 Å². The van der Waals surface area contributed by atoms with E-state index in [4.69, 9.17) is 14.6 Å². The minimum atomic E-state index is -1.02. The molecule has 2 amide bonds. The number of amides is 2. The third-order valence-electron chi connectivity index (χ3n) is 6.33. The largest absolute Gasteiger partial charge is 0.466 e. The first-order chi connectivity index (χ1) is 14.3. The molecular weight excluding hydrogens is 456 g/mol. The molecule has 2 N–H and O–H groups in total. The van der Waals surface area contributed by atoms with E-state index in [0.29, 0.717) is 13.0 Å². The molecular formula is C21H33BrN2O6. The first kappa shape index (κ1) is 23.5. The van der Waals surface area contributed by atoms with E-state index in [1.165, 1.54) is 0 Å². The second-order valence-corrected chi connectivity index (χ2v) is 9.92. The summed E-state index contributed by atoms with van der Waals surface area (Å²) in [5.74, 6) is -2.26. The summed E-state index contributed by atoms with van der Waals surface area (Å²) >= 11 is 3.62. The van der Waals surface area contributed by atoms with Crippen molar-refractivity contribution in [3.63, 3.8) is 0 Å². The van der Waals surface area contributed by atoms with Crippen LogP contribution in [0.15, 0.2) is 0 Å². The number of nitrogens with one attached hydrogen (secondary N) is 1. The summed E-state index contributed by atoms with van der Waals surface area (Å²) in [4.78, 5) is 41.0. The van der Waals surface area contributed by atoms with Gasteiger partial charge in [0.05, 0.1) is 24.5 Å². The number of alkyl halides is 1. The number of unbranched alkanes of at least 4 members (excludes halogenated alkanes) is 3. The molecule has 1 spiro atoms. The second-order valence-electron chi connectivity index (χ2n) is 8.75. The van der Waals surface area contributed by atoms with Crippen LogP contribution in [0.3, 0.4) is 0 Å². The molecule has 2 bridgehead atoms. The van der Waals surface area contributed by atoms with E-state index >= 15 is 0 Å². The number of fused-ring (bicyclic) bond motifs is 1. The van der Waals surface area contributed by atoms with Gasteiger partial charge in [0.25, 0.3) is 0 Å². The fourth-order valence-electron chi connectivity index (χ4n) is 5.29. The molecule has 6 atom stereocenters. The van der Waals surface area contributed by atoms with Gasteiger partial charge in [-0.05, 0) is 40.0 Å². The lowest BCUT2D eigenvalue weighted by Gasteiger charge is -2.34. The van der Waals surface area contributed by atoms with Crippen molar-refractivity contribution in [1.29, 1.82) is 0 Å². The number of nitrogens with zero attached hydrogens (tertiary/aromatic N) is 1. The molecule has 3 rings (SSSR count). The van der Waals surface area contributed by atoms with E-state index in [2.05, 4.69) is 21.2 Å². The third-order valence-corrected chi connectivity index (χ3v) is 7.18. The number of rotatable bonds is 10. The summed E-state index contributed by atoms with van der Waals surface area (Å²) in [7, 11) is 0. The van der Waals surface area contributed by atoms with Gasteiger partial charge in [-0.2, -0.15) is 0 Å². The predicted molar refractivity (Wildman–Crippen MR) is 113 cm³/mol. The van der Waals surface area contributed by atoms with Crippen LogP contribution in [0.2, 0.25) is 0 Å². The highest BCUT2D eigenvalue weighted by atomic mass is 79.9. The number of carbonyl (C=O) groups is 3. The van der Waals surface area contributed by atoms with E-state index < -0.39 is 35.6 Å². The van der Waals surface area contributed by atoms with Crippen LogP contribution in [0.25, 0.3) is 0 Å². The highest BCUT2D eigenvalue weighted by molar-refractivity contribution is 9.09. The maximum atomic E-state index is 13.5. The van der Waals surface area contributed by atoms with E-state index in [-0.39, 0.29) is 35.9 Å². The summed E-state index contributed by atoms with van der Waals surface area (Å²) in [6, 6.07) is -0.839. The van der Waals surface area contributed by atoms with Gasteiger partial charge in [-0.15, -0.1) is 0 Å². The number of aliphatic hydroxyl groups is 1. The molecule has 1 unspecified atom stereocenters. The van der Waals surface area contributed by atoms with Gasteiger partial charge >= 0.3 is 5.97 Å². The number of aliphatic hydroxyl groups excluding tert-OH is 1. The van der Waals surface area contributed by atoms with Crippen LogP contribution in [0, 0.1) is 11.8 Å². The van der Waals surface area contributed by atoms with Crippen LogP contribution in [-0.4, -0.2) is 76.2 Å². The van der Waals surface area contributed by atoms with Crippen molar-refractivity contribution in [1.82, 2.24) is 10.2 Å². The van der Waals surface area contributed by atoms with Crippen molar-refractivity contribution in [3.05, 3.63) is 0 Å². The van der Waals surface area contributed by atoms with Crippen LogP contribution in [-0.2, 0) is 23.9 Å². The Morgan fingerprint density at radius 3 is 2.67 bits per heavy atom. The Labute approximate surface area is 186 Å². The standard InChI is InChI=1S/C21H33BrN2O6/c1-4-29-20(28)14-15-19(27)24(9-7-5-6-8-10-25)17(18(26)23-12(2)3)21(15)11-13(22)16(14)30-21/h12-17,25H,4-11H2,1-3H3,(H,23,26)/t13?,14-,15+,16-,17-,21+/m0/s1. The summed E-state index contributed by atoms with van der Waals surface area (Å²) in [5.41, 5.74) is -1.02. The number of carbonyl (C=O) groups excluding carboxylic acids is 3. The summed E-state index contributed by atoms with van der Waals surface area (Å²) in [6.07, 6.45) is 3.19. The summed E-state index contributed by atoms with van der Waals surface area (Å²) in [5, 5.41) is 11.9. The quantitative estimate of drug-likeness (QED) is 0.273. The van der Waals surface area contributed by atoms with E-state index in [1.807, 2.05) is 13.8 Å². The molecule has 3 heterocycles. The van der Waals surface area contributed by atoms with Crippen LogP contribution in [0.1, 0.15) is 52.9 Å². The summed E-state index contributed by atoms with van der Waals surface area (Å²) in [6.45, 7) is 6.30. The molecule has 0 aromatic heterocycles. The Kier molecular flexibility index (Phi) is 7.45. The first-order valence-corrected chi connectivity index (χ1v) is 11.9. The average molecular weight is 489 g/mol. The molecule has 3 saturated heterocycles. The lowest BCUT2D eigenvalue weighted by molar-refractivity contribution is -0.154.